The molecular weight excluding hydrogens is 421 g/mol. The van der Waals surface area contributed by atoms with Gasteiger partial charge in [-0.2, -0.15) is 4.98 Å². The summed E-state index contributed by atoms with van der Waals surface area (Å²) in [6.07, 6.45) is -4.80. The fourth-order valence-electron chi connectivity index (χ4n) is 2.68. The summed E-state index contributed by atoms with van der Waals surface area (Å²) in [7, 11) is 0. The Kier molecular flexibility index (Phi) is 6.63. The first-order valence-electron chi connectivity index (χ1n) is 8.87. The van der Waals surface area contributed by atoms with E-state index in [2.05, 4.69) is 25.3 Å². The predicted molar refractivity (Wildman–Crippen MR) is 109 cm³/mol. The van der Waals surface area contributed by atoms with Gasteiger partial charge in [0.15, 0.2) is 0 Å². The number of ether oxygens (including phenoxy) is 1. The molecule has 0 aliphatic carbocycles. The van der Waals surface area contributed by atoms with E-state index in [1.54, 1.807) is 18.2 Å². The maximum atomic E-state index is 12.6. The summed E-state index contributed by atoms with van der Waals surface area (Å²) in [5.74, 6) is 0.203. The second kappa shape index (κ2) is 9.19. The van der Waals surface area contributed by atoms with Crippen LogP contribution in [0.4, 0.5) is 30.6 Å². The van der Waals surface area contributed by atoms with Crippen LogP contribution in [0.3, 0.4) is 0 Å². The van der Waals surface area contributed by atoms with E-state index in [9.17, 15) is 13.2 Å². The van der Waals surface area contributed by atoms with Crippen molar-refractivity contribution in [1.29, 1.82) is 0 Å². The number of aryl methyl sites for hydroxylation is 1. The molecule has 10 heteroatoms. The number of rotatable bonds is 7. The van der Waals surface area contributed by atoms with E-state index in [0.29, 0.717) is 27.8 Å². The van der Waals surface area contributed by atoms with Crippen molar-refractivity contribution in [3.05, 3.63) is 59.1 Å². The summed E-state index contributed by atoms with van der Waals surface area (Å²) in [6.45, 7) is 1.93. The lowest BCUT2D eigenvalue weighted by molar-refractivity contribution is -0.274. The Morgan fingerprint density at radius 2 is 1.87 bits per heavy atom. The molecule has 1 heterocycles. The normalized spacial score (nSPS) is 11.3. The first-order chi connectivity index (χ1) is 14.2. The zero-order chi connectivity index (χ0) is 21.7. The fraction of sp³-hybridized carbons (Fsp3) is 0.200. The van der Waals surface area contributed by atoms with E-state index < -0.39 is 6.36 Å². The highest BCUT2D eigenvalue weighted by Crippen LogP contribution is 2.31. The summed E-state index contributed by atoms with van der Waals surface area (Å²) < 4.78 is 41.7. The predicted octanol–water partition coefficient (Wildman–Crippen LogP) is 5.15. The maximum Gasteiger partial charge on any atom is 0.573 e. The van der Waals surface area contributed by atoms with Crippen LogP contribution in [0.15, 0.2) is 48.5 Å². The topological polar surface area (TPSA) is 79.3 Å². The highest BCUT2D eigenvalue weighted by atomic mass is 35.5. The SMILES string of the molecule is Cc1cccc(Cl)c1Nc1cc(-c2cccc(OC(F)(F)F)c2)nc(NCCO)n1. The lowest BCUT2D eigenvalue weighted by atomic mass is 10.1. The van der Waals surface area contributed by atoms with Gasteiger partial charge in [0.05, 0.1) is 23.0 Å². The lowest BCUT2D eigenvalue weighted by Crippen LogP contribution is -2.17. The smallest absolute Gasteiger partial charge is 0.406 e. The Balaban J connectivity index is 2.00. The molecule has 3 aromatic rings. The van der Waals surface area contributed by atoms with Crippen molar-refractivity contribution in [2.75, 3.05) is 23.8 Å². The van der Waals surface area contributed by atoms with Crippen molar-refractivity contribution in [2.24, 2.45) is 0 Å². The molecule has 3 rings (SSSR count). The van der Waals surface area contributed by atoms with Crippen LogP contribution in [0.2, 0.25) is 5.02 Å². The highest BCUT2D eigenvalue weighted by molar-refractivity contribution is 6.33. The molecule has 0 radical (unpaired) electrons. The van der Waals surface area contributed by atoms with Crippen LogP contribution in [0, 0.1) is 6.92 Å². The molecular formula is C20H18ClF3N4O2. The largest absolute Gasteiger partial charge is 0.573 e. The Morgan fingerprint density at radius 1 is 1.10 bits per heavy atom. The van der Waals surface area contributed by atoms with Gasteiger partial charge in [0, 0.05) is 18.2 Å². The van der Waals surface area contributed by atoms with Gasteiger partial charge in [0.25, 0.3) is 0 Å². The fourth-order valence-corrected chi connectivity index (χ4v) is 2.95. The Morgan fingerprint density at radius 3 is 2.57 bits per heavy atom. The van der Waals surface area contributed by atoms with E-state index >= 15 is 0 Å². The number of alkyl halides is 3. The molecule has 3 N–H and O–H groups in total. The summed E-state index contributed by atoms with van der Waals surface area (Å²) in [6, 6.07) is 12.5. The van der Waals surface area contributed by atoms with Gasteiger partial charge >= 0.3 is 6.36 Å². The van der Waals surface area contributed by atoms with Gasteiger partial charge in [-0.1, -0.05) is 35.9 Å². The van der Waals surface area contributed by atoms with Gasteiger partial charge < -0.3 is 20.5 Å². The minimum atomic E-state index is -4.80. The molecule has 0 bridgehead atoms. The van der Waals surface area contributed by atoms with Crippen LogP contribution < -0.4 is 15.4 Å². The van der Waals surface area contributed by atoms with Crippen LogP contribution in [-0.2, 0) is 0 Å². The number of aliphatic hydroxyl groups is 1. The number of nitrogens with zero attached hydrogens (tertiary/aromatic N) is 2. The number of hydrogen-bond donors (Lipinski definition) is 3. The third-order valence-electron chi connectivity index (χ3n) is 3.96. The first-order valence-corrected chi connectivity index (χ1v) is 9.25. The molecule has 0 atom stereocenters. The zero-order valence-electron chi connectivity index (χ0n) is 15.8. The molecule has 1 aromatic heterocycles. The average Bonchev–Trinajstić information content (AvgIpc) is 2.68. The molecule has 158 valence electrons. The Labute approximate surface area is 175 Å². The van der Waals surface area contributed by atoms with Crippen LogP contribution in [0.1, 0.15) is 5.56 Å². The van der Waals surface area contributed by atoms with E-state index in [0.717, 1.165) is 5.56 Å². The van der Waals surface area contributed by atoms with Crippen LogP contribution in [0.25, 0.3) is 11.3 Å². The third kappa shape index (κ3) is 5.74. The number of anilines is 3. The van der Waals surface area contributed by atoms with Crippen molar-refractivity contribution >= 4 is 29.1 Å². The Bertz CT molecular complexity index is 1010. The van der Waals surface area contributed by atoms with Crippen molar-refractivity contribution < 1.29 is 23.0 Å². The number of halogens is 4. The Hall–Kier alpha value is -3.04. The third-order valence-corrected chi connectivity index (χ3v) is 4.27. The summed E-state index contributed by atoms with van der Waals surface area (Å²) in [4.78, 5) is 8.66. The quantitative estimate of drug-likeness (QED) is 0.473. The van der Waals surface area contributed by atoms with Crippen molar-refractivity contribution in [3.63, 3.8) is 0 Å². The summed E-state index contributed by atoms with van der Waals surface area (Å²) in [5.41, 5.74) is 2.27. The summed E-state index contributed by atoms with van der Waals surface area (Å²) >= 11 is 6.26. The van der Waals surface area contributed by atoms with Gasteiger partial charge in [-0.25, -0.2) is 4.98 Å². The molecule has 0 aliphatic heterocycles. The molecule has 0 amide bonds. The number of hydrogen-bond acceptors (Lipinski definition) is 6. The number of nitrogens with one attached hydrogen (secondary N) is 2. The standard InChI is InChI=1S/C20H18ClF3N4O2/c1-12-4-2-7-15(21)18(12)27-17-11-16(26-19(28-17)25-8-9-29)13-5-3-6-14(10-13)30-20(22,23)24/h2-7,10-11,29H,8-9H2,1H3,(H2,25,26,27,28). The molecule has 0 saturated heterocycles. The van der Waals surface area contributed by atoms with Gasteiger partial charge in [-0.05, 0) is 30.7 Å². The van der Waals surface area contributed by atoms with E-state index in [-0.39, 0.29) is 24.8 Å². The van der Waals surface area contributed by atoms with Crippen molar-refractivity contribution in [3.8, 4) is 17.0 Å². The number of para-hydroxylation sites is 1. The number of aliphatic hydroxyl groups excluding tert-OH is 1. The molecule has 30 heavy (non-hydrogen) atoms. The van der Waals surface area contributed by atoms with Crippen LogP contribution >= 0.6 is 11.6 Å². The van der Waals surface area contributed by atoms with Gasteiger partial charge in [0.2, 0.25) is 5.95 Å². The van der Waals surface area contributed by atoms with Gasteiger partial charge in [-0.3, -0.25) is 0 Å². The molecule has 0 aliphatic rings. The molecule has 0 spiro atoms. The lowest BCUT2D eigenvalue weighted by Gasteiger charge is -2.14. The van der Waals surface area contributed by atoms with E-state index in [1.165, 1.54) is 18.2 Å². The maximum absolute atomic E-state index is 12.6. The van der Waals surface area contributed by atoms with Gasteiger partial charge in [-0.15, -0.1) is 13.2 Å². The summed E-state index contributed by atoms with van der Waals surface area (Å²) in [5, 5.41) is 15.5. The molecule has 0 fully saturated rings. The second-order valence-corrected chi connectivity index (χ2v) is 6.65. The highest BCUT2D eigenvalue weighted by Gasteiger charge is 2.31. The van der Waals surface area contributed by atoms with E-state index in [4.69, 9.17) is 16.7 Å². The van der Waals surface area contributed by atoms with Gasteiger partial charge in [0.1, 0.15) is 11.6 Å². The first kappa shape index (κ1) is 21.7. The zero-order valence-corrected chi connectivity index (χ0v) is 16.6. The minimum Gasteiger partial charge on any atom is -0.406 e. The number of aromatic nitrogens is 2. The van der Waals surface area contributed by atoms with Crippen molar-refractivity contribution in [2.45, 2.75) is 13.3 Å². The van der Waals surface area contributed by atoms with Crippen LogP contribution in [0.5, 0.6) is 5.75 Å². The second-order valence-electron chi connectivity index (χ2n) is 6.24. The number of benzene rings is 2. The molecule has 2 aromatic carbocycles. The van der Waals surface area contributed by atoms with Crippen molar-refractivity contribution in [1.82, 2.24) is 9.97 Å². The molecule has 6 nitrogen and oxygen atoms in total. The molecule has 0 unspecified atom stereocenters. The minimum absolute atomic E-state index is 0.144. The van der Waals surface area contributed by atoms with E-state index in [1.807, 2.05) is 19.1 Å². The van der Waals surface area contributed by atoms with Crippen LogP contribution in [-0.4, -0.2) is 34.6 Å². The monoisotopic (exact) mass is 438 g/mol. The average molecular weight is 439 g/mol. The molecule has 0 saturated carbocycles.